The van der Waals surface area contributed by atoms with Crippen LogP contribution in [0.2, 0.25) is 0 Å². The Morgan fingerprint density at radius 2 is 1.96 bits per heavy atom. The van der Waals surface area contributed by atoms with Crippen molar-refractivity contribution in [2.45, 2.75) is 53.1 Å². The Bertz CT molecular complexity index is 526. The number of carbonyl (C=O) groups is 4. The number of Topliss-reactive ketones (excluding diaryl/α,β-unsaturated/α-hetero) is 1. The lowest BCUT2D eigenvalue weighted by Gasteiger charge is -2.25. The standard InChI is InChI=1S/C16H27N3O6/c1-9(2)11(18-15(23)24-8-16(3,4)5)13(21)17-10-6-7-25-19-14(22)12(10)20/h9-11H,6-8H2,1-5H3,(H,17,21)(H,18,23)(H,19,22). The lowest BCUT2D eigenvalue weighted by molar-refractivity contribution is -0.144. The van der Waals surface area contributed by atoms with E-state index in [2.05, 4.69) is 10.6 Å². The van der Waals surface area contributed by atoms with Crippen LogP contribution >= 0.6 is 0 Å². The number of hydroxylamine groups is 1. The summed E-state index contributed by atoms with van der Waals surface area (Å²) in [5.41, 5.74) is 1.78. The number of ketones is 1. The van der Waals surface area contributed by atoms with Crippen molar-refractivity contribution < 1.29 is 28.8 Å². The number of ether oxygens (including phenoxy) is 1. The van der Waals surface area contributed by atoms with Gasteiger partial charge in [0.1, 0.15) is 6.04 Å². The normalized spacial score (nSPS) is 19.7. The van der Waals surface area contributed by atoms with E-state index in [1.54, 1.807) is 13.8 Å². The van der Waals surface area contributed by atoms with Gasteiger partial charge in [0.15, 0.2) is 0 Å². The van der Waals surface area contributed by atoms with Gasteiger partial charge >= 0.3 is 12.0 Å². The van der Waals surface area contributed by atoms with E-state index in [9.17, 15) is 19.2 Å². The highest BCUT2D eigenvalue weighted by Gasteiger charge is 2.33. The van der Waals surface area contributed by atoms with Crippen LogP contribution in [0.3, 0.4) is 0 Å². The second-order valence-corrected chi connectivity index (χ2v) is 7.50. The summed E-state index contributed by atoms with van der Waals surface area (Å²) in [6.45, 7) is 9.53. The van der Waals surface area contributed by atoms with E-state index in [1.807, 2.05) is 26.3 Å². The number of nitrogens with one attached hydrogen (secondary N) is 3. The third-order valence-corrected chi connectivity index (χ3v) is 3.39. The summed E-state index contributed by atoms with van der Waals surface area (Å²) in [7, 11) is 0. The SMILES string of the molecule is CC(C)C(NC(=O)OCC(C)(C)C)C(=O)NC1CCONC(=O)C1=O. The molecule has 2 unspecified atom stereocenters. The van der Waals surface area contributed by atoms with E-state index in [1.165, 1.54) is 0 Å². The van der Waals surface area contributed by atoms with E-state index >= 15 is 0 Å². The minimum atomic E-state index is -0.997. The van der Waals surface area contributed by atoms with Crippen molar-refractivity contribution in [3.05, 3.63) is 0 Å². The Hall–Kier alpha value is -2.16. The van der Waals surface area contributed by atoms with Crippen LogP contribution in [-0.4, -0.2) is 49.0 Å². The summed E-state index contributed by atoms with van der Waals surface area (Å²) in [4.78, 5) is 52.4. The van der Waals surface area contributed by atoms with E-state index in [-0.39, 0.29) is 31.0 Å². The van der Waals surface area contributed by atoms with Gasteiger partial charge < -0.3 is 15.4 Å². The number of carbonyl (C=O) groups excluding carboxylic acids is 4. The first-order valence-electron chi connectivity index (χ1n) is 8.21. The Morgan fingerprint density at radius 1 is 1.32 bits per heavy atom. The van der Waals surface area contributed by atoms with Crippen molar-refractivity contribution in [2.75, 3.05) is 13.2 Å². The topological polar surface area (TPSA) is 123 Å². The molecule has 1 rings (SSSR count). The maximum atomic E-state index is 12.4. The first kappa shape index (κ1) is 20.9. The Labute approximate surface area is 147 Å². The molecule has 2 atom stereocenters. The molecule has 0 aliphatic carbocycles. The lowest BCUT2D eigenvalue weighted by atomic mass is 9.99. The molecular weight excluding hydrogens is 330 g/mol. The maximum absolute atomic E-state index is 12.4. The number of hydrogen-bond donors (Lipinski definition) is 3. The first-order valence-corrected chi connectivity index (χ1v) is 8.21. The zero-order valence-corrected chi connectivity index (χ0v) is 15.3. The molecule has 9 heteroatoms. The second kappa shape index (κ2) is 8.80. The molecule has 0 aromatic rings. The maximum Gasteiger partial charge on any atom is 0.407 e. The molecule has 9 nitrogen and oxygen atoms in total. The highest BCUT2D eigenvalue weighted by Crippen LogP contribution is 2.13. The smallest absolute Gasteiger partial charge is 0.407 e. The quantitative estimate of drug-likeness (QED) is 0.608. The van der Waals surface area contributed by atoms with Crippen molar-refractivity contribution in [1.29, 1.82) is 0 Å². The Kier molecular flexibility index (Phi) is 7.35. The van der Waals surface area contributed by atoms with Crippen LogP contribution in [0.5, 0.6) is 0 Å². The minimum Gasteiger partial charge on any atom is -0.449 e. The number of hydrogen-bond acceptors (Lipinski definition) is 6. The minimum absolute atomic E-state index is 0.0931. The van der Waals surface area contributed by atoms with Crippen LogP contribution in [-0.2, 0) is 24.0 Å². The van der Waals surface area contributed by atoms with E-state index in [0.29, 0.717) is 0 Å². The number of amides is 3. The van der Waals surface area contributed by atoms with Crippen LogP contribution in [0.4, 0.5) is 4.79 Å². The molecule has 1 heterocycles. The summed E-state index contributed by atoms with van der Waals surface area (Å²) in [6.07, 6.45) is -0.556. The van der Waals surface area contributed by atoms with Gasteiger partial charge in [-0.1, -0.05) is 34.6 Å². The molecule has 0 spiro atoms. The lowest BCUT2D eigenvalue weighted by Crippen LogP contribution is -2.55. The van der Waals surface area contributed by atoms with Crippen molar-refractivity contribution >= 4 is 23.7 Å². The van der Waals surface area contributed by atoms with Gasteiger partial charge in [-0.2, -0.15) is 0 Å². The van der Waals surface area contributed by atoms with Gasteiger partial charge in [-0.05, 0) is 11.3 Å². The molecule has 142 valence electrons. The van der Waals surface area contributed by atoms with Crippen LogP contribution in [0.25, 0.3) is 0 Å². The molecular formula is C16H27N3O6. The van der Waals surface area contributed by atoms with Gasteiger partial charge in [0, 0.05) is 6.42 Å². The molecule has 1 saturated heterocycles. The molecule has 0 aromatic carbocycles. The zero-order chi connectivity index (χ0) is 19.2. The average molecular weight is 357 g/mol. The third-order valence-electron chi connectivity index (χ3n) is 3.39. The van der Waals surface area contributed by atoms with E-state index in [4.69, 9.17) is 9.57 Å². The molecule has 0 bridgehead atoms. The largest absolute Gasteiger partial charge is 0.449 e. The van der Waals surface area contributed by atoms with Crippen LogP contribution in [0.1, 0.15) is 41.0 Å². The van der Waals surface area contributed by atoms with Crippen LogP contribution in [0, 0.1) is 11.3 Å². The predicted octanol–water partition coefficient (Wildman–Crippen LogP) is 0.289. The molecule has 0 aromatic heterocycles. The first-order chi connectivity index (χ1) is 11.5. The fourth-order valence-corrected chi connectivity index (χ4v) is 2.02. The molecule has 25 heavy (non-hydrogen) atoms. The van der Waals surface area contributed by atoms with Gasteiger partial charge in [-0.25, -0.2) is 10.3 Å². The molecule has 0 radical (unpaired) electrons. The van der Waals surface area contributed by atoms with Crippen molar-refractivity contribution in [2.24, 2.45) is 11.3 Å². The summed E-state index contributed by atoms with van der Waals surface area (Å²) < 4.78 is 5.10. The summed E-state index contributed by atoms with van der Waals surface area (Å²) in [5.74, 6) is -2.51. The van der Waals surface area contributed by atoms with Crippen LogP contribution < -0.4 is 16.1 Å². The Morgan fingerprint density at radius 3 is 2.52 bits per heavy atom. The molecule has 3 N–H and O–H groups in total. The van der Waals surface area contributed by atoms with Gasteiger partial charge in [-0.15, -0.1) is 0 Å². The summed E-state index contributed by atoms with van der Waals surface area (Å²) >= 11 is 0. The molecule has 3 amide bonds. The summed E-state index contributed by atoms with van der Waals surface area (Å²) in [6, 6.07) is -1.89. The predicted molar refractivity (Wildman–Crippen MR) is 88.2 cm³/mol. The van der Waals surface area contributed by atoms with E-state index < -0.39 is 35.8 Å². The fourth-order valence-electron chi connectivity index (χ4n) is 2.02. The Balaban J connectivity index is 2.68. The average Bonchev–Trinajstić information content (AvgIpc) is 2.65. The zero-order valence-electron chi connectivity index (χ0n) is 15.3. The van der Waals surface area contributed by atoms with Crippen molar-refractivity contribution in [3.8, 4) is 0 Å². The molecule has 1 aliphatic heterocycles. The highest BCUT2D eigenvalue weighted by molar-refractivity contribution is 6.38. The molecule has 1 aliphatic rings. The van der Waals surface area contributed by atoms with E-state index in [0.717, 1.165) is 0 Å². The highest BCUT2D eigenvalue weighted by atomic mass is 16.7. The van der Waals surface area contributed by atoms with Gasteiger partial charge in [0.2, 0.25) is 11.7 Å². The third kappa shape index (κ3) is 7.08. The van der Waals surface area contributed by atoms with Crippen molar-refractivity contribution in [3.63, 3.8) is 0 Å². The monoisotopic (exact) mass is 357 g/mol. The van der Waals surface area contributed by atoms with Gasteiger partial charge in [0.05, 0.1) is 19.3 Å². The van der Waals surface area contributed by atoms with Gasteiger partial charge in [0.25, 0.3) is 0 Å². The van der Waals surface area contributed by atoms with Crippen LogP contribution in [0.15, 0.2) is 0 Å². The van der Waals surface area contributed by atoms with Gasteiger partial charge in [-0.3, -0.25) is 19.2 Å². The molecule has 1 fully saturated rings. The fraction of sp³-hybridized carbons (Fsp3) is 0.750. The molecule has 0 saturated carbocycles. The number of rotatable bonds is 5. The second-order valence-electron chi connectivity index (χ2n) is 7.50. The summed E-state index contributed by atoms with van der Waals surface area (Å²) in [5, 5.41) is 5.00. The number of alkyl carbamates (subject to hydrolysis) is 1. The van der Waals surface area contributed by atoms with Crippen molar-refractivity contribution in [1.82, 2.24) is 16.1 Å².